The standard InChI is InChI=1S/C10H20N2S/c1-2-4-9(5-3-1)12-10-8-11-6-7-13-10/h9-12H,1-8H2. The second kappa shape index (κ2) is 5.23. The first-order valence-corrected chi connectivity index (χ1v) is 6.58. The van der Waals surface area contributed by atoms with E-state index in [1.807, 2.05) is 0 Å². The highest BCUT2D eigenvalue weighted by atomic mass is 32.2. The van der Waals surface area contributed by atoms with Crippen molar-refractivity contribution in [2.45, 2.75) is 43.5 Å². The summed E-state index contributed by atoms with van der Waals surface area (Å²) in [5.41, 5.74) is 0. The molecule has 0 spiro atoms. The minimum atomic E-state index is 0.678. The van der Waals surface area contributed by atoms with E-state index in [-0.39, 0.29) is 0 Å². The molecule has 2 N–H and O–H groups in total. The molecule has 2 rings (SSSR count). The summed E-state index contributed by atoms with van der Waals surface area (Å²) in [6, 6.07) is 0.811. The van der Waals surface area contributed by atoms with Gasteiger partial charge < -0.3 is 10.6 Å². The number of nitrogens with one attached hydrogen (secondary N) is 2. The summed E-state index contributed by atoms with van der Waals surface area (Å²) in [7, 11) is 0. The van der Waals surface area contributed by atoms with Crippen LogP contribution in [0.25, 0.3) is 0 Å². The highest BCUT2D eigenvalue weighted by Gasteiger charge is 2.19. The van der Waals surface area contributed by atoms with Crippen molar-refractivity contribution < 1.29 is 0 Å². The van der Waals surface area contributed by atoms with E-state index in [4.69, 9.17) is 0 Å². The van der Waals surface area contributed by atoms with E-state index in [0.717, 1.165) is 12.6 Å². The van der Waals surface area contributed by atoms with Gasteiger partial charge in [0.1, 0.15) is 0 Å². The van der Waals surface area contributed by atoms with E-state index >= 15 is 0 Å². The van der Waals surface area contributed by atoms with Gasteiger partial charge in [-0.1, -0.05) is 19.3 Å². The highest BCUT2D eigenvalue weighted by molar-refractivity contribution is 7.99. The Morgan fingerprint density at radius 2 is 2.00 bits per heavy atom. The maximum atomic E-state index is 3.76. The topological polar surface area (TPSA) is 24.1 Å². The molecule has 1 aliphatic carbocycles. The lowest BCUT2D eigenvalue weighted by Crippen LogP contribution is -2.46. The molecule has 3 heteroatoms. The van der Waals surface area contributed by atoms with Crippen molar-refractivity contribution in [1.82, 2.24) is 10.6 Å². The highest BCUT2D eigenvalue weighted by Crippen LogP contribution is 2.20. The number of rotatable bonds is 2. The van der Waals surface area contributed by atoms with Crippen LogP contribution in [0.1, 0.15) is 32.1 Å². The van der Waals surface area contributed by atoms with Gasteiger partial charge in [-0.3, -0.25) is 0 Å². The average molecular weight is 200 g/mol. The van der Waals surface area contributed by atoms with Gasteiger partial charge in [0.05, 0.1) is 5.37 Å². The minimum absolute atomic E-state index is 0.678. The van der Waals surface area contributed by atoms with Crippen LogP contribution in [0.5, 0.6) is 0 Å². The van der Waals surface area contributed by atoms with Gasteiger partial charge in [0, 0.05) is 24.9 Å². The molecule has 0 aromatic heterocycles. The molecule has 76 valence electrons. The fraction of sp³-hybridized carbons (Fsp3) is 1.00. The molecule has 0 amide bonds. The Labute approximate surface area is 85.2 Å². The Bertz CT molecular complexity index is 124. The van der Waals surface area contributed by atoms with E-state index < -0.39 is 0 Å². The fourth-order valence-electron chi connectivity index (χ4n) is 2.20. The Morgan fingerprint density at radius 1 is 1.15 bits per heavy atom. The van der Waals surface area contributed by atoms with Crippen molar-refractivity contribution in [3.05, 3.63) is 0 Å². The third-order valence-electron chi connectivity index (χ3n) is 2.95. The molecular weight excluding hydrogens is 180 g/mol. The van der Waals surface area contributed by atoms with Crippen molar-refractivity contribution in [1.29, 1.82) is 0 Å². The molecule has 1 saturated carbocycles. The van der Waals surface area contributed by atoms with Gasteiger partial charge in [-0.2, -0.15) is 0 Å². The van der Waals surface area contributed by atoms with Gasteiger partial charge in [0.25, 0.3) is 0 Å². The first kappa shape index (κ1) is 9.81. The molecule has 2 fully saturated rings. The van der Waals surface area contributed by atoms with Crippen LogP contribution in [0.4, 0.5) is 0 Å². The largest absolute Gasteiger partial charge is 0.314 e. The zero-order valence-corrected chi connectivity index (χ0v) is 9.04. The molecule has 13 heavy (non-hydrogen) atoms. The maximum absolute atomic E-state index is 3.76. The average Bonchev–Trinajstić information content (AvgIpc) is 2.21. The molecular formula is C10H20N2S. The molecule has 1 aliphatic heterocycles. The van der Waals surface area contributed by atoms with E-state index in [1.165, 1.54) is 44.4 Å². The summed E-state index contributed by atoms with van der Waals surface area (Å²) < 4.78 is 0. The molecule has 0 bridgehead atoms. The second-order valence-corrected chi connectivity index (χ2v) is 5.38. The van der Waals surface area contributed by atoms with Crippen LogP contribution in [0.15, 0.2) is 0 Å². The molecule has 2 nitrogen and oxygen atoms in total. The van der Waals surface area contributed by atoms with Crippen molar-refractivity contribution >= 4 is 11.8 Å². The number of hydrogen-bond donors (Lipinski definition) is 2. The van der Waals surface area contributed by atoms with Crippen LogP contribution in [-0.4, -0.2) is 30.3 Å². The predicted molar refractivity (Wildman–Crippen MR) is 59.1 cm³/mol. The smallest absolute Gasteiger partial charge is 0.0661 e. The van der Waals surface area contributed by atoms with Crippen molar-refractivity contribution in [3.8, 4) is 0 Å². The molecule has 0 aromatic rings. The van der Waals surface area contributed by atoms with Gasteiger partial charge in [-0.25, -0.2) is 0 Å². The predicted octanol–water partition coefficient (Wildman–Crippen LogP) is 1.57. The number of thioether (sulfide) groups is 1. The molecule has 1 unspecified atom stereocenters. The normalized spacial score (nSPS) is 31.8. The summed E-state index contributed by atoms with van der Waals surface area (Å²) in [6.07, 6.45) is 7.12. The van der Waals surface area contributed by atoms with Gasteiger partial charge in [0.2, 0.25) is 0 Å². The SMILES string of the molecule is C1CCC(NC2CNCCS2)CC1. The quantitative estimate of drug-likeness (QED) is 0.707. The fourth-order valence-corrected chi connectivity index (χ4v) is 3.28. The van der Waals surface area contributed by atoms with Gasteiger partial charge in [0.15, 0.2) is 0 Å². The van der Waals surface area contributed by atoms with Gasteiger partial charge in [-0.15, -0.1) is 11.8 Å². The zero-order valence-electron chi connectivity index (χ0n) is 8.22. The van der Waals surface area contributed by atoms with Crippen molar-refractivity contribution in [3.63, 3.8) is 0 Å². The maximum Gasteiger partial charge on any atom is 0.0661 e. The molecule has 0 aromatic carbocycles. The van der Waals surface area contributed by atoms with E-state index in [0.29, 0.717) is 5.37 Å². The summed E-state index contributed by atoms with van der Waals surface area (Å²) in [5.74, 6) is 1.27. The Balaban J connectivity index is 1.69. The van der Waals surface area contributed by atoms with Crippen molar-refractivity contribution in [2.75, 3.05) is 18.8 Å². The van der Waals surface area contributed by atoms with E-state index in [1.54, 1.807) is 0 Å². The second-order valence-electron chi connectivity index (χ2n) is 4.07. The Morgan fingerprint density at radius 3 is 2.69 bits per heavy atom. The lowest BCUT2D eigenvalue weighted by atomic mass is 9.95. The van der Waals surface area contributed by atoms with Crippen LogP contribution < -0.4 is 10.6 Å². The Hall–Kier alpha value is 0.270. The van der Waals surface area contributed by atoms with Crippen LogP contribution in [0, 0.1) is 0 Å². The minimum Gasteiger partial charge on any atom is -0.314 e. The Kier molecular flexibility index (Phi) is 3.94. The van der Waals surface area contributed by atoms with E-state index in [9.17, 15) is 0 Å². The summed E-state index contributed by atoms with van der Waals surface area (Å²) >= 11 is 2.08. The summed E-state index contributed by atoms with van der Waals surface area (Å²) in [6.45, 7) is 2.34. The molecule has 1 heterocycles. The van der Waals surface area contributed by atoms with Crippen molar-refractivity contribution in [2.24, 2.45) is 0 Å². The first-order chi connectivity index (χ1) is 6.45. The van der Waals surface area contributed by atoms with E-state index in [2.05, 4.69) is 22.4 Å². The summed E-state index contributed by atoms with van der Waals surface area (Å²) in [4.78, 5) is 0. The third-order valence-corrected chi connectivity index (χ3v) is 4.10. The molecule has 0 radical (unpaired) electrons. The van der Waals surface area contributed by atoms with Crippen LogP contribution in [0.3, 0.4) is 0 Å². The molecule has 1 atom stereocenters. The van der Waals surface area contributed by atoms with Gasteiger partial charge >= 0.3 is 0 Å². The van der Waals surface area contributed by atoms with Gasteiger partial charge in [-0.05, 0) is 12.8 Å². The van der Waals surface area contributed by atoms with Crippen LogP contribution in [0.2, 0.25) is 0 Å². The van der Waals surface area contributed by atoms with Crippen LogP contribution in [-0.2, 0) is 0 Å². The molecule has 2 aliphatic rings. The summed E-state index contributed by atoms with van der Waals surface area (Å²) in [5, 5.41) is 7.88. The monoisotopic (exact) mass is 200 g/mol. The molecule has 1 saturated heterocycles. The number of hydrogen-bond acceptors (Lipinski definition) is 3. The lowest BCUT2D eigenvalue weighted by molar-refractivity contribution is 0.362. The lowest BCUT2D eigenvalue weighted by Gasteiger charge is -2.30. The third kappa shape index (κ3) is 3.15. The zero-order chi connectivity index (χ0) is 8.93. The van der Waals surface area contributed by atoms with Crippen LogP contribution >= 0.6 is 11.8 Å². The first-order valence-electron chi connectivity index (χ1n) is 5.53.